The Morgan fingerprint density at radius 1 is 1.56 bits per heavy atom. The minimum Gasteiger partial charge on any atom is -0.465 e. The van der Waals surface area contributed by atoms with E-state index in [0.717, 1.165) is 11.3 Å². The average molecular weight is 312 g/mol. The van der Waals surface area contributed by atoms with Crippen LogP contribution in [0.25, 0.3) is 0 Å². The standard InChI is InChI=1S/C10H14ClNO4S2/c1-7-6-17-9(10(13)16-2)8(7)12-18(14,15)5-3-4-11/h6,12H,3-5H2,1-2H3. The molecule has 5 nitrogen and oxygen atoms in total. The fraction of sp³-hybridized carbons (Fsp3) is 0.500. The molecule has 0 spiro atoms. The molecular weight excluding hydrogens is 298 g/mol. The molecule has 0 aromatic carbocycles. The summed E-state index contributed by atoms with van der Waals surface area (Å²) in [7, 11) is -2.24. The topological polar surface area (TPSA) is 72.5 Å². The number of carbonyl (C=O) groups is 1. The third kappa shape index (κ3) is 3.86. The molecule has 0 aliphatic carbocycles. The molecule has 0 amide bonds. The number of carbonyl (C=O) groups excluding carboxylic acids is 1. The van der Waals surface area contributed by atoms with Gasteiger partial charge in [0.1, 0.15) is 4.88 Å². The van der Waals surface area contributed by atoms with Gasteiger partial charge in [-0.15, -0.1) is 22.9 Å². The first-order valence-corrected chi connectivity index (χ1v) is 8.20. The Hall–Kier alpha value is -0.790. The lowest BCUT2D eigenvalue weighted by Gasteiger charge is -2.08. The van der Waals surface area contributed by atoms with E-state index in [-0.39, 0.29) is 16.5 Å². The first-order chi connectivity index (χ1) is 8.41. The van der Waals surface area contributed by atoms with Crippen LogP contribution in [0.4, 0.5) is 5.69 Å². The molecule has 1 heterocycles. The smallest absolute Gasteiger partial charge is 0.350 e. The summed E-state index contributed by atoms with van der Waals surface area (Å²) in [5.41, 5.74) is 0.983. The third-order valence-electron chi connectivity index (χ3n) is 2.15. The highest BCUT2D eigenvalue weighted by molar-refractivity contribution is 7.92. The third-order valence-corrected chi connectivity index (χ3v) is 4.84. The van der Waals surface area contributed by atoms with Crippen molar-refractivity contribution in [2.45, 2.75) is 13.3 Å². The van der Waals surface area contributed by atoms with Gasteiger partial charge in [0.05, 0.1) is 18.6 Å². The maximum atomic E-state index is 11.8. The van der Waals surface area contributed by atoms with E-state index in [1.165, 1.54) is 7.11 Å². The molecule has 0 saturated carbocycles. The second-order valence-electron chi connectivity index (χ2n) is 3.58. The van der Waals surface area contributed by atoms with Crippen LogP contribution in [0.2, 0.25) is 0 Å². The first-order valence-electron chi connectivity index (χ1n) is 5.14. The number of nitrogens with one attached hydrogen (secondary N) is 1. The van der Waals surface area contributed by atoms with E-state index in [1.807, 2.05) is 0 Å². The summed E-state index contributed by atoms with van der Waals surface area (Å²) in [6.45, 7) is 1.72. The lowest BCUT2D eigenvalue weighted by molar-refractivity contribution is 0.0607. The highest BCUT2D eigenvalue weighted by Crippen LogP contribution is 2.29. The molecule has 1 aromatic heterocycles. The molecule has 0 aliphatic heterocycles. The molecule has 1 N–H and O–H groups in total. The summed E-state index contributed by atoms with van der Waals surface area (Å²) in [6.07, 6.45) is 0.355. The van der Waals surface area contributed by atoms with Gasteiger partial charge in [0, 0.05) is 5.88 Å². The number of alkyl halides is 1. The van der Waals surface area contributed by atoms with E-state index in [0.29, 0.717) is 17.7 Å². The molecule has 0 unspecified atom stereocenters. The van der Waals surface area contributed by atoms with Crippen molar-refractivity contribution in [1.29, 1.82) is 0 Å². The van der Waals surface area contributed by atoms with Crippen LogP contribution in [-0.4, -0.2) is 33.1 Å². The Morgan fingerprint density at radius 2 is 2.22 bits per heavy atom. The van der Waals surface area contributed by atoms with Gasteiger partial charge >= 0.3 is 5.97 Å². The van der Waals surface area contributed by atoms with Crippen LogP contribution in [0, 0.1) is 6.92 Å². The van der Waals surface area contributed by atoms with Crippen molar-refractivity contribution in [3.05, 3.63) is 15.8 Å². The quantitative estimate of drug-likeness (QED) is 0.646. The SMILES string of the molecule is COC(=O)c1scc(C)c1NS(=O)(=O)CCCCl. The molecule has 102 valence electrons. The Balaban J connectivity index is 2.97. The maximum Gasteiger partial charge on any atom is 0.350 e. The summed E-state index contributed by atoms with van der Waals surface area (Å²) in [5.74, 6) is -0.358. The largest absolute Gasteiger partial charge is 0.465 e. The predicted molar refractivity (Wildman–Crippen MR) is 73.1 cm³/mol. The van der Waals surface area contributed by atoms with Gasteiger partial charge in [-0.3, -0.25) is 4.72 Å². The molecule has 8 heteroatoms. The Bertz CT molecular complexity index is 524. The van der Waals surface area contributed by atoms with Crippen LogP contribution >= 0.6 is 22.9 Å². The number of anilines is 1. The average Bonchev–Trinajstić information content (AvgIpc) is 2.67. The molecule has 0 bridgehead atoms. The second-order valence-corrected chi connectivity index (χ2v) is 6.68. The van der Waals surface area contributed by atoms with Crippen LogP contribution in [-0.2, 0) is 14.8 Å². The van der Waals surface area contributed by atoms with Gasteiger partial charge in [0.15, 0.2) is 0 Å². The van der Waals surface area contributed by atoms with E-state index in [1.54, 1.807) is 12.3 Å². The van der Waals surface area contributed by atoms with Gasteiger partial charge in [-0.1, -0.05) is 0 Å². The van der Waals surface area contributed by atoms with Gasteiger partial charge in [-0.2, -0.15) is 0 Å². The summed E-state index contributed by atoms with van der Waals surface area (Å²) in [5, 5.41) is 1.70. The van der Waals surface area contributed by atoms with Gasteiger partial charge in [0.25, 0.3) is 0 Å². The van der Waals surface area contributed by atoms with Crippen LogP contribution in [0.5, 0.6) is 0 Å². The number of hydrogen-bond acceptors (Lipinski definition) is 5. The number of rotatable bonds is 6. The maximum absolute atomic E-state index is 11.8. The zero-order valence-corrected chi connectivity index (χ0v) is 12.4. The fourth-order valence-corrected chi connectivity index (χ4v) is 3.74. The van der Waals surface area contributed by atoms with Gasteiger partial charge in [-0.05, 0) is 24.3 Å². The van der Waals surface area contributed by atoms with Crippen LogP contribution in [0.15, 0.2) is 5.38 Å². The zero-order chi connectivity index (χ0) is 13.8. The summed E-state index contributed by atoms with van der Waals surface area (Å²) in [6, 6.07) is 0. The Kier molecular flexibility index (Phi) is 5.43. The zero-order valence-electron chi connectivity index (χ0n) is 10.0. The number of sulfonamides is 1. The van der Waals surface area contributed by atoms with Gasteiger partial charge < -0.3 is 4.74 Å². The van der Waals surface area contributed by atoms with Crippen molar-refractivity contribution < 1.29 is 17.9 Å². The number of ether oxygens (including phenoxy) is 1. The minimum absolute atomic E-state index is 0.0770. The summed E-state index contributed by atoms with van der Waals surface area (Å²) < 4.78 is 30.5. The van der Waals surface area contributed by atoms with Crippen molar-refractivity contribution in [3.63, 3.8) is 0 Å². The number of halogens is 1. The van der Waals surface area contributed by atoms with E-state index < -0.39 is 16.0 Å². The number of aryl methyl sites for hydroxylation is 1. The molecule has 1 aromatic rings. The lowest BCUT2D eigenvalue weighted by atomic mass is 10.3. The highest BCUT2D eigenvalue weighted by Gasteiger charge is 2.20. The molecule has 0 radical (unpaired) electrons. The second kappa shape index (κ2) is 6.40. The summed E-state index contributed by atoms with van der Waals surface area (Å²) >= 11 is 6.61. The molecule has 0 saturated heterocycles. The molecule has 1 rings (SSSR count). The molecule has 0 aliphatic rings. The number of esters is 1. The van der Waals surface area contributed by atoms with Crippen molar-refractivity contribution in [1.82, 2.24) is 0 Å². The molecule has 0 fully saturated rings. The van der Waals surface area contributed by atoms with Crippen LogP contribution in [0.3, 0.4) is 0 Å². The van der Waals surface area contributed by atoms with Gasteiger partial charge in [0.2, 0.25) is 10.0 Å². The van der Waals surface area contributed by atoms with E-state index in [2.05, 4.69) is 9.46 Å². The monoisotopic (exact) mass is 311 g/mol. The van der Waals surface area contributed by atoms with Crippen molar-refractivity contribution in [3.8, 4) is 0 Å². The van der Waals surface area contributed by atoms with Crippen molar-refractivity contribution in [2.75, 3.05) is 23.5 Å². The number of thiophene rings is 1. The highest BCUT2D eigenvalue weighted by atomic mass is 35.5. The number of methoxy groups -OCH3 is 1. The van der Waals surface area contributed by atoms with E-state index in [4.69, 9.17) is 11.6 Å². The normalized spacial score (nSPS) is 11.3. The Labute approximate surface area is 115 Å². The van der Waals surface area contributed by atoms with Crippen LogP contribution < -0.4 is 4.72 Å². The number of hydrogen-bond donors (Lipinski definition) is 1. The van der Waals surface area contributed by atoms with Crippen molar-refractivity contribution >= 4 is 44.6 Å². The van der Waals surface area contributed by atoms with E-state index in [9.17, 15) is 13.2 Å². The predicted octanol–water partition coefficient (Wildman–Crippen LogP) is 2.21. The minimum atomic E-state index is -3.49. The summed E-state index contributed by atoms with van der Waals surface area (Å²) in [4.78, 5) is 11.7. The molecular formula is C10H14ClNO4S2. The lowest BCUT2D eigenvalue weighted by Crippen LogP contribution is -2.18. The fourth-order valence-electron chi connectivity index (χ4n) is 1.27. The van der Waals surface area contributed by atoms with E-state index >= 15 is 0 Å². The van der Waals surface area contributed by atoms with Gasteiger partial charge in [-0.25, -0.2) is 13.2 Å². The molecule has 0 atom stereocenters. The Morgan fingerprint density at radius 3 is 2.78 bits per heavy atom. The van der Waals surface area contributed by atoms with Crippen molar-refractivity contribution in [2.24, 2.45) is 0 Å². The molecule has 18 heavy (non-hydrogen) atoms. The first kappa shape index (κ1) is 15.3. The van der Waals surface area contributed by atoms with Crippen LogP contribution in [0.1, 0.15) is 21.7 Å².